The standard InChI is InChI=1S/C14H27N3O2.2ClH/c1-11-12(15-8-9-19-11)13(18)16-10-14(17(2)3)6-4-5-7-14;;/h11-12,15H,4-10H2,1-3H3,(H,16,18);2*1H/t11-,12+;;/m1../s1. The number of nitrogens with zero attached hydrogens (tertiary/aromatic N) is 1. The highest BCUT2D eigenvalue weighted by Crippen LogP contribution is 2.33. The number of ether oxygens (including phenoxy) is 1. The molecule has 0 radical (unpaired) electrons. The number of likely N-dealkylation sites (N-methyl/N-ethyl adjacent to an activating group) is 1. The zero-order chi connectivity index (χ0) is 13.9. The fraction of sp³-hybridized carbons (Fsp3) is 0.929. The maximum atomic E-state index is 12.3. The van der Waals surface area contributed by atoms with Gasteiger partial charge in [-0.1, -0.05) is 12.8 Å². The van der Waals surface area contributed by atoms with Gasteiger partial charge >= 0.3 is 0 Å². The van der Waals surface area contributed by atoms with Crippen LogP contribution in [0.2, 0.25) is 0 Å². The summed E-state index contributed by atoms with van der Waals surface area (Å²) in [5.41, 5.74) is 0.147. The second-order valence-electron chi connectivity index (χ2n) is 6.05. The van der Waals surface area contributed by atoms with E-state index in [0.29, 0.717) is 6.61 Å². The summed E-state index contributed by atoms with van der Waals surface area (Å²) in [6, 6.07) is -0.214. The molecule has 2 fully saturated rings. The number of hydrogen-bond donors (Lipinski definition) is 2. The molecule has 0 spiro atoms. The number of amides is 1. The molecule has 21 heavy (non-hydrogen) atoms. The van der Waals surface area contributed by atoms with E-state index in [9.17, 15) is 4.79 Å². The van der Waals surface area contributed by atoms with Crippen LogP contribution in [0, 0.1) is 0 Å². The summed E-state index contributed by atoms with van der Waals surface area (Å²) in [6.07, 6.45) is 4.81. The van der Waals surface area contributed by atoms with Crippen molar-refractivity contribution in [2.45, 2.75) is 50.3 Å². The van der Waals surface area contributed by atoms with Crippen molar-refractivity contribution >= 4 is 30.7 Å². The molecule has 0 aromatic rings. The monoisotopic (exact) mass is 341 g/mol. The Kier molecular flexibility index (Phi) is 9.12. The number of hydrogen-bond acceptors (Lipinski definition) is 4. The molecule has 7 heteroatoms. The lowest BCUT2D eigenvalue weighted by molar-refractivity contribution is -0.129. The van der Waals surface area contributed by atoms with Crippen LogP contribution in [0.25, 0.3) is 0 Å². The van der Waals surface area contributed by atoms with Gasteiger partial charge in [0.05, 0.1) is 12.7 Å². The molecule has 1 aliphatic heterocycles. The van der Waals surface area contributed by atoms with Crippen LogP contribution in [0.15, 0.2) is 0 Å². The Hall–Kier alpha value is -0.0700. The molecule has 0 aromatic heterocycles. The third kappa shape index (κ3) is 4.96. The molecular weight excluding hydrogens is 313 g/mol. The average molecular weight is 342 g/mol. The fourth-order valence-corrected chi connectivity index (χ4v) is 3.20. The van der Waals surface area contributed by atoms with Crippen LogP contribution in [0.1, 0.15) is 32.6 Å². The molecular formula is C14H29Cl2N3O2. The Morgan fingerprint density at radius 2 is 1.95 bits per heavy atom. The van der Waals surface area contributed by atoms with Crippen LogP contribution in [-0.4, -0.2) is 62.3 Å². The maximum Gasteiger partial charge on any atom is 0.239 e. The second kappa shape index (κ2) is 9.16. The quantitative estimate of drug-likeness (QED) is 0.806. The van der Waals surface area contributed by atoms with E-state index in [-0.39, 0.29) is 48.4 Å². The molecule has 2 aliphatic rings. The Balaban J connectivity index is 0.00000200. The molecule has 2 atom stereocenters. The minimum atomic E-state index is -0.214. The van der Waals surface area contributed by atoms with Crippen LogP contribution in [-0.2, 0) is 9.53 Å². The zero-order valence-corrected chi connectivity index (χ0v) is 14.8. The van der Waals surface area contributed by atoms with Crippen LogP contribution >= 0.6 is 24.8 Å². The van der Waals surface area contributed by atoms with E-state index in [0.717, 1.165) is 13.1 Å². The van der Waals surface area contributed by atoms with E-state index in [4.69, 9.17) is 4.74 Å². The van der Waals surface area contributed by atoms with Gasteiger partial charge in [0.25, 0.3) is 0 Å². The minimum Gasteiger partial charge on any atom is -0.375 e. The number of carbonyl (C=O) groups is 1. The van der Waals surface area contributed by atoms with Crippen molar-refractivity contribution in [3.05, 3.63) is 0 Å². The number of rotatable bonds is 4. The van der Waals surface area contributed by atoms with Crippen LogP contribution in [0.3, 0.4) is 0 Å². The minimum absolute atomic E-state index is 0. The molecule has 1 amide bonds. The summed E-state index contributed by atoms with van der Waals surface area (Å²) in [4.78, 5) is 14.5. The molecule has 0 bridgehead atoms. The van der Waals surface area contributed by atoms with Gasteiger partial charge in [-0.05, 0) is 33.9 Å². The first-order valence-electron chi connectivity index (χ1n) is 7.35. The molecule has 0 unspecified atom stereocenters. The van der Waals surface area contributed by atoms with E-state index in [1.54, 1.807) is 0 Å². The van der Waals surface area contributed by atoms with Crippen LogP contribution < -0.4 is 10.6 Å². The normalized spacial score (nSPS) is 27.6. The van der Waals surface area contributed by atoms with Gasteiger partial charge in [-0.25, -0.2) is 0 Å². The lowest BCUT2D eigenvalue weighted by Crippen LogP contribution is -2.58. The van der Waals surface area contributed by atoms with E-state index in [2.05, 4.69) is 29.6 Å². The topological polar surface area (TPSA) is 53.6 Å². The van der Waals surface area contributed by atoms with Crippen LogP contribution in [0.5, 0.6) is 0 Å². The van der Waals surface area contributed by atoms with Crippen molar-refractivity contribution in [3.8, 4) is 0 Å². The van der Waals surface area contributed by atoms with Crippen molar-refractivity contribution in [1.82, 2.24) is 15.5 Å². The lowest BCUT2D eigenvalue weighted by Gasteiger charge is -2.37. The van der Waals surface area contributed by atoms with E-state index >= 15 is 0 Å². The van der Waals surface area contributed by atoms with Gasteiger partial charge in [-0.2, -0.15) is 0 Å². The molecule has 126 valence electrons. The molecule has 1 saturated carbocycles. The van der Waals surface area contributed by atoms with Crippen molar-refractivity contribution in [1.29, 1.82) is 0 Å². The van der Waals surface area contributed by atoms with Gasteiger partial charge in [0.2, 0.25) is 5.91 Å². The smallest absolute Gasteiger partial charge is 0.239 e. The summed E-state index contributed by atoms with van der Waals surface area (Å²) in [6.45, 7) is 4.13. The Morgan fingerprint density at radius 3 is 2.48 bits per heavy atom. The SMILES string of the molecule is C[C@H]1OCCN[C@@H]1C(=O)NCC1(N(C)C)CCCC1.Cl.Cl. The van der Waals surface area contributed by atoms with Gasteiger partial charge in [0.1, 0.15) is 6.04 Å². The van der Waals surface area contributed by atoms with Gasteiger partial charge in [0.15, 0.2) is 0 Å². The summed E-state index contributed by atoms with van der Waals surface area (Å²) in [5.74, 6) is 0.0697. The first kappa shape index (κ1) is 20.9. The van der Waals surface area contributed by atoms with E-state index in [1.807, 2.05) is 6.92 Å². The predicted molar refractivity (Wildman–Crippen MR) is 89.6 cm³/mol. The summed E-state index contributed by atoms with van der Waals surface area (Å²) in [7, 11) is 4.23. The van der Waals surface area contributed by atoms with Crippen molar-refractivity contribution < 1.29 is 9.53 Å². The summed E-state index contributed by atoms with van der Waals surface area (Å²) in [5, 5.41) is 6.36. The molecule has 2 rings (SSSR count). The number of carbonyl (C=O) groups excluding carboxylic acids is 1. The van der Waals surface area contributed by atoms with Crippen molar-refractivity contribution in [2.75, 3.05) is 33.8 Å². The molecule has 5 nitrogen and oxygen atoms in total. The van der Waals surface area contributed by atoms with Crippen LogP contribution in [0.4, 0.5) is 0 Å². The third-order valence-electron chi connectivity index (χ3n) is 4.67. The summed E-state index contributed by atoms with van der Waals surface area (Å²) >= 11 is 0. The van der Waals surface area contributed by atoms with Crippen molar-refractivity contribution in [2.24, 2.45) is 0 Å². The van der Waals surface area contributed by atoms with Crippen molar-refractivity contribution in [3.63, 3.8) is 0 Å². The summed E-state index contributed by atoms with van der Waals surface area (Å²) < 4.78 is 5.52. The number of morpholine rings is 1. The van der Waals surface area contributed by atoms with Gasteiger partial charge in [-0.15, -0.1) is 24.8 Å². The molecule has 2 N–H and O–H groups in total. The van der Waals surface area contributed by atoms with E-state index in [1.165, 1.54) is 25.7 Å². The second-order valence-corrected chi connectivity index (χ2v) is 6.05. The first-order valence-corrected chi connectivity index (χ1v) is 7.35. The highest BCUT2D eigenvalue weighted by molar-refractivity contribution is 5.85. The highest BCUT2D eigenvalue weighted by atomic mass is 35.5. The zero-order valence-electron chi connectivity index (χ0n) is 13.2. The van der Waals surface area contributed by atoms with Gasteiger partial charge in [0, 0.05) is 18.6 Å². The average Bonchev–Trinajstić information content (AvgIpc) is 2.86. The molecule has 0 aromatic carbocycles. The molecule has 1 saturated heterocycles. The Bertz CT molecular complexity index is 323. The van der Waals surface area contributed by atoms with E-state index < -0.39 is 0 Å². The first-order chi connectivity index (χ1) is 9.05. The molecule has 1 heterocycles. The predicted octanol–water partition coefficient (Wildman–Crippen LogP) is 1.20. The maximum absolute atomic E-state index is 12.3. The molecule has 1 aliphatic carbocycles. The third-order valence-corrected chi connectivity index (χ3v) is 4.67. The number of nitrogens with one attached hydrogen (secondary N) is 2. The Morgan fingerprint density at radius 1 is 1.33 bits per heavy atom. The number of halogens is 2. The fourth-order valence-electron chi connectivity index (χ4n) is 3.20. The Labute approximate surface area is 140 Å². The highest BCUT2D eigenvalue weighted by Gasteiger charge is 2.37. The largest absolute Gasteiger partial charge is 0.375 e. The lowest BCUT2D eigenvalue weighted by atomic mass is 9.95. The van der Waals surface area contributed by atoms with Gasteiger partial charge < -0.3 is 20.3 Å². The van der Waals surface area contributed by atoms with Gasteiger partial charge in [-0.3, -0.25) is 4.79 Å².